The van der Waals surface area contributed by atoms with E-state index in [1.807, 2.05) is 6.08 Å². The number of hydrogen-bond donors (Lipinski definition) is 1. The minimum atomic E-state index is 0.257. The van der Waals surface area contributed by atoms with Gasteiger partial charge in [0.05, 0.1) is 0 Å². The summed E-state index contributed by atoms with van der Waals surface area (Å²) in [5.74, 6) is 0. The van der Waals surface area contributed by atoms with E-state index < -0.39 is 0 Å². The van der Waals surface area contributed by atoms with E-state index in [0.717, 1.165) is 18.5 Å². The van der Waals surface area contributed by atoms with Crippen LogP contribution in [0, 0.1) is 0 Å². The number of nitrogens with zero attached hydrogens (tertiary/aromatic N) is 1. The highest BCUT2D eigenvalue weighted by Gasteiger charge is 2.25. The van der Waals surface area contributed by atoms with Crippen molar-refractivity contribution in [2.75, 3.05) is 13.6 Å². The maximum atomic E-state index is 3.79. The quantitative estimate of drug-likeness (QED) is 0.574. The second kappa shape index (κ2) is 7.30. The van der Waals surface area contributed by atoms with Crippen LogP contribution in [0.4, 0.5) is 0 Å². The lowest BCUT2D eigenvalue weighted by Crippen LogP contribution is -2.47. The Morgan fingerprint density at radius 3 is 2.33 bits per heavy atom. The van der Waals surface area contributed by atoms with Crippen LogP contribution in [-0.2, 0) is 0 Å². The third-order valence-electron chi connectivity index (χ3n) is 3.88. The van der Waals surface area contributed by atoms with Crippen LogP contribution in [0.3, 0.4) is 0 Å². The fourth-order valence-corrected chi connectivity index (χ4v) is 2.94. The molecule has 1 rings (SSSR count). The van der Waals surface area contributed by atoms with Gasteiger partial charge in [-0.1, -0.05) is 6.08 Å². The molecule has 0 spiro atoms. The van der Waals surface area contributed by atoms with Crippen molar-refractivity contribution < 1.29 is 0 Å². The molecule has 0 atom stereocenters. The lowest BCUT2D eigenvalue weighted by Gasteiger charge is -2.37. The minimum Gasteiger partial charge on any atom is -0.309 e. The first-order chi connectivity index (χ1) is 8.42. The molecule has 2 heteroatoms. The van der Waals surface area contributed by atoms with E-state index in [1.54, 1.807) is 0 Å². The molecule has 0 aromatic rings. The number of nitrogens with one attached hydrogen (secondary N) is 1. The van der Waals surface area contributed by atoms with E-state index in [-0.39, 0.29) is 5.54 Å². The van der Waals surface area contributed by atoms with Crippen LogP contribution in [0.1, 0.15) is 59.3 Å². The third kappa shape index (κ3) is 6.01. The summed E-state index contributed by atoms with van der Waals surface area (Å²) in [6.07, 6.45) is 9.77. The smallest absolute Gasteiger partial charge is 0.00990 e. The Labute approximate surface area is 114 Å². The van der Waals surface area contributed by atoms with Crippen molar-refractivity contribution in [2.24, 2.45) is 0 Å². The Balaban J connectivity index is 2.24. The summed E-state index contributed by atoms with van der Waals surface area (Å²) in [5.41, 5.74) is 0.257. The molecule has 0 aliphatic heterocycles. The second-order valence-corrected chi connectivity index (χ2v) is 6.81. The Hall–Kier alpha value is -0.340. The van der Waals surface area contributed by atoms with Gasteiger partial charge in [-0.05, 0) is 72.9 Å². The van der Waals surface area contributed by atoms with Crippen LogP contribution in [0.15, 0.2) is 12.7 Å². The van der Waals surface area contributed by atoms with E-state index in [2.05, 4.69) is 44.6 Å². The van der Waals surface area contributed by atoms with Crippen molar-refractivity contribution in [2.45, 2.75) is 76.9 Å². The zero-order valence-corrected chi connectivity index (χ0v) is 12.8. The molecule has 1 saturated carbocycles. The van der Waals surface area contributed by atoms with E-state index in [1.165, 1.54) is 38.6 Å². The first-order valence-corrected chi connectivity index (χ1v) is 7.51. The van der Waals surface area contributed by atoms with Crippen molar-refractivity contribution in [1.82, 2.24) is 10.2 Å². The maximum Gasteiger partial charge on any atom is 0.00990 e. The summed E-state index contributed by atoms with van der Waals surface area (Å²) in [4.78, 5) is 2.55. The minimum absolute atomic E-state index is 0.257. The molecule has 0 amide bonds. The molecule has 0 bridgehead atoms. The molecule has 0 aromatic carbocycles. The van der Waals surface area contributed by atoms with E-state index in [4.69, 9.17) is 0 Å². The predicted molar refractivity (Wildman–Crippen MR) is 81.0 cm³/mol. The molecule has 1 aliphatic rings. The summed E-state index contributed by atoms with van der Waals surface area (Å²) in [6.45, 7) is 11.8. The normalized spacial score (nSPS) is 25.4. The summed E-state index contributed by atoms with van der Waals surface area (Å²) in [7, 11) is 2.28. The van der Waals surface area contributed by atoms with E-state index >= 15 is 0 Å². The van der Waals surface area contributed by atoms with Crippen molar-refractivity contribution in [3.8, 4) is 0 Å². The molecule has 1 N–H and O–H groups in total. The molecule has 2 nitrogen and oxygen atoms in total. The summed E-state index contributed by atoms with van der Waals surface area (Å²) >= 11 is 0. The van der Waals surface area contributed by atoms with Gasteiger partial charge < -0.3 is 10.2 Å². The Kier molecular flexibility index (Phi) is 6.37. The summed E-state index contributed by atoms with van der Waals surface area (Å²) in [6, 6.07) is 1.52. The average molecular weight is 252 g/mol. The molecule has 0 heterocycles. The van der Waals surface area contributed by atoms with Gasteiger partial charge in [-0.15, -0.1) is 6.58 Å². The first-order valence-electron chi connectivity index (χ1n) is 7.51. The number of hydrogen-bond acceptors (Lipinski definition) is 2. The van der Waals surface area contributed by atoms with Gasteiger partial charge >= 0.3 is 0 Å². The van der Waals surface area contributed by atoms with Crippen LogP contribution >= 0.6 is 0 Å². The lowest BCUT2D eigenvalue weighted by atomic mass is 9.89. The summed E-state index contributed by atoms with van der Waals surface area (Å²) in [5, 5.41) is 3.74. The van der Waals surface area contributed by atoms with Gasteiger partial charge in [0.15, 0.2) is 0 Å². The Morgan fingerprint density at radius 2 is 1.83 bits per heavy atom. The average Bonchev–Trinajstić information content (AvgIpc) is 2.28. The van der Waals surface area contributed by atoms with Crippen LogP contribution in [0.2, 0.25) is 0 Å². The fourth-order valence-electron chi connectivity index (χ4n) is 2.94. The Morgan fingerprint density at radius 1 is 1.22 bits per heavy atom. The molecule has 1 fully saturated rings. The van der Waals surface area contributed by atoms with Gasteiger partial charge in [0, 0.05) is 17.6 Å². The van der Waals surface area contributed by atoms with Crippen molar-refractivity contribution >= 4 is 0 Å². The molecule has 1 aliphatic carbocycles. The topological polar surface area (TPSA) is 15.3 Å². The summed E-state index contributed by atoms with van der Waals surface area (Å²) < 4.78 is 0. The van der Waals surface area contributed by atoms with Crippen LogP contribution in [0.25, 0.3) is 0 Å². The van der Waals surface area contributed by atoms with Crippen LogP contribution in [0.5, 0.6) is 0 Å². The van der Waals surface area contributed by atoms with Crippen LogP contribution in [-0.4, -0.2) is 36.1 Å². The molecular weight excluding hydrogens is 220 g/mol. The van der Waals surface area contributed by atoms with E-state index in [0.29, 0.717) is 0 Å². The number of allylic oxidation sites excluding steroid dienone is 1. The lowest BCUT2D eigenvalue weighted by molar-refractivity contribution is 0.163. The highest BCUT2D eigenvalue weighted by atomic mass is 15.1. The van der Waals surface area contributed by atoms with Crippen molar-refractivity contribution in [3.05, 3.63) is 12.7 Å². The zero-order valence-electron chi connectivity index (χ0n) is 12.8. The Bertz CT molecular complexity index is 234. The molecule has 0 radical (unpaired) electrons. The molecule has 106 valence electrons. The van der Waals surface area contributed by atoms with Crippen LogP contribution < -0.4 is 5.32 Å². The number of unbranched alkanes of at least 4 members (excludes halogenated alkanes) is 1. The molecular formula is C16H32N2. The number of rotatable bonds is 6. The van der Waals surface area contributed by atoms with Gasteiger partial charge in [0.2, 0.25) is 0 Å². The molecule has 0 unspecified atom stereocenters. The maximum absolute atomic E-state index is 3.79. The predicted octanol–water partition coefficient (Wildman–Crippen LogP) is 3.58. The molecule has 0 aromatic heterocycles. The highest BCUT2D eigenvalue weighted by Crippen LogP contribution is 2.24. The van der Waals surface area contributed by atoms with Gasteiger partial charge in [-0.25, -0.2) is 0 Å². The zero-order chi connectivity index (χ0) is 13.6. The second-order valence-electron chi connectivity index (χ2n) is 6.81. The van der Waals surface area contributed by atoms with Crippen molar-refractivity contribution in [3.63, 3.8) is 0 Å². The molecule has 18 heavy (non-hydrogen) atoms. The SMILES string of the molecule is C=CCCCN(C)C1CCC(NC(C)(C)C)CC1. The van der Waals surface area contributed by atoms with Gasteiger partial charge in [0.25, 0.3) is 0 Å². The first kappa shape index (κ1) is 15.7. The monoisotopic (exact) mass is 252 g/mol. The fraction of sp³-hybridized carbons (Fsp3) is 0.875. The van der Waals surface area contributed by atoms with Gasteiger partial charge in [-0.2, -0.15) is 0 Å². The largest absolute Gasteiger partial charge is 0.309 e. The van der Waals surface area contributed by atoms with Gasteiger partial charge in [0.1, 0.15) is 0 Å². The van der Waals surface area contributed by atoms with Crippen molar-refractivity contribution in [1.29, 1.82) is 0 Å². The molecule has 0 saturated heterocycles. The van der Waals surface area contributed by atoms with E-state index in [9.17, 15) is 0 Å². The third-order valence-corrected chi connectivity index (χ3v) is 3.88. The highest BCUT2D eigenvalue weighted by molar-refractivity contribution is 4.85. The van der Waals surface area contributed by atoms with Gasteiger partial charge in [-0.3, -0.25) is 0 Å². The standard InChI is InChI=1S/C16H32N2/c1-6-7-8-13-18(5)15-11-9-14(10-12-15)17-16(2,3)4/h6,14-15,17H,1,7-13H2,2-5H3.